The van der Waals surface area contributed by atoms with Crippen LogP contribution in [0.3, 0.4) is 0 Å². The van der Waals surface area contributed by atoms with E-state index in [9.17, 15) is 24.0 Å². The molecule has 60 heavy (non-hydrogen) atoms. The molecule has 3 atom stereocenters. The molecule has 0 radical (unpaired) electrons. The van der Waals surface area contributed by atoms with Gasteiger partial charge in [0.05, 0.1) is 0 Å². The summed E-state index contributed by atoms with van der Waals surface area (Å²) in [6, 6.07) is 44.8. The second-order valence-corrected chi connectivity index (χ2v) is 17.3. The Morgan fingerprint density at radius 3 is 1.38 bits per heavy atom. The van der Waals surface area contributed by atoms with E-state index in [-0.39, 0.29) is 24.2 Å². The average molecular weight is 807 g/mol. The molecule has 9 nitrogen and oxygen atoms in total. The quantitative estimate of drug-likeness (QED) is 0.113. The lowest BCUT2D eigenvalue weighted by Crippen LogP contribution is -2.44. The minimum atomic E-state index is -0.900. The molecular weight excluding hydrogens is 753 g/mol. The number of imide groups is 2. The summed E-state index contributed by atoms with van der Waals surface area (Å²) in [6.45, 7) is 10.7. The van der Waals surface area contributed by atoms with E-state index in [2.05, 4.69) is 48.5 Å². The minimum absolute atomic E-state index is 0.139. The van der Waals surface area contributed by atoms with Crippen molar-refractivity contribution in [1.82, 2.24) is 9.80 Å². The summed E-state index contributed by atoms with van der Waals surface area (Å²) in [4.78, 5) is 66.4. The van der Waals surface area contributed by atoms with E-state index in [1.807, 2.05) is 87.5 Å². The van der Waals surface area contributed by atoms with Crippen molar-refractivity contribution >= 4 is 29.8 Å². The number of ketones is 1. The van der Waals surface area contributed by atoms with Gasteiger partial charge in [0.15, 0.2) is 5.78 Å². The summed E-state index contributed by atoms with van der Waals surface area (Å²) >= 11 is 0. The molecule has 2 aliphatic rings. The third-order valence-corrected chi connectivity index (χ3v) is 10.4. The molecule has 5 aromatic rings. The molecular formula is C51H54N2O7. The first-order valence-corrected chi connectivity index (χ1v) is 20.6. The Balaban J connectivity index is 0.000000209. The molecule has 7 rings (SSSR count). The average Bonchev–Trinajstić information content (AvgIpc) is 3.75. The van der Waals surface area contributed by atoms with E-state index in [4.69, 9.17) is 9.47 Å². The number of carbonyl (C=O) groups excluding carboxylic acids is 5. The highest BCUT2D eigenvalue weighted by atomic mass is 16.6. The van der Waals surface area contributed by atoms with Crippen molar-refractivity contribution in [3.05, 3.63) is 156 Å². The van der Waals surface area contributed by atoms with E-state index in [1.165, 1.54) is 10.5 Å². The van der Waals surface area contributed by atoms with Crippen LogP contribution in [0, 0.1) is 5.92 Å². The molecule has 0 bridgehead atoms. The van der Waals surface area contributed by atoms with E-state index >= 15 is 0 Å². The van der Waals surface area contributed by atoms with Crippen molar-refractivity contribution in [3.63, 3.8) is 0 Å². The monoisotopic (exact) mass is 806 g/mol. The Hall–Kier alpha value is -6.35. The lowest BCUT2D eigenvalue weighted by Gasteiger charge is -2.27. The van der Waals surface area contributed by atoms with Gasteiger partial charge in [-0.15, -0.1) is 0 Å². The number of amides is 4. The maximum Gasteiger partial charge on any atom is 0.417 e. The van der Waals surface area contributed by atoms with Crippen LogP contribution >= 0.6 is 0 Å². The number of rotatable bonds is 8. The molecule has 0 N–H and O–H groups in total. The third kappa shape index (κ3) is 11.2. The van der Waals surface area contributed by atoms with Crippen LogP contribution in [0.15, 0.2) is 140 Å². The summed E-state index contributed by atoms with van der Waals surface area (Å²) in [7, 11) is 0. The summed E-state index contributed by atoms with van der Waals surface area (Å²) < 4.78 is 10.9. The molecule has 0 aliphatic carbocycles. The topological polar surface area (TPSA) is 110 Å². The van der Waals surface area contributed by atoms with Gasteiger partial charge in [0.25, 0.3) is 0 Å². The fourth-order valence-corrected chi connectivity index (χ4v) is 7.54. The molecule has 2 aliphatic heterocycles. The Bertz CT molecular complexity index is 2260. The molecule has 4 amide bonds. The minimum Gasteiger partial charge on any atom is -0.443 e. The largest absolute Gasteiger partial charge is 0.443 e. The van der Waals surface area contributed by atoms with Crippen molar-refractivity contribution in [3.8, 4) is 22.3 Å². The first-order chi connectivity index (χ1) is 28.6. The van der Waals surface area contributed by atoms with Crippen LogP contribution in [0.4, 0.5) is 9.59 Å². The maximum atomic E-state index is 13.3. The first-order valence-electron chi connectivity index (χ1n) is 20.6. The molecule has 0 saturated carbocycles. The highest BCUT2D eigenvalue weighted by Gasteiger charge is 2.48. The Kier molecular flexibility index (Phi) is 13.5. The van der Waals surface area contributed by atoms with Gasteiger partial charge in [-0.2, -0.15) is 0 Å². The van der Waals surface area contributed by atoms with Crippen LogP contribution in [0.5, 0.6) is 0 Å². The fraction of sp³-hybridized carbons (Fsp3) is 0.314. The van der Waals surface area contributed by atoms with Crippen molar-refractivity contribution in [2.45, 2.75) is 96.9 Å². The lowest BCUT2D eigenvalue weighted by molar-refractivity contribution is -0.130. The lowest BCUT2D eigenvalue weighted by atomic mass is 9.92. The fourth-order valence-electron chi connectivity index (χ4n) is 7.54. The number of Topliss-reactive ketones (excluding diaryl/α,β-unsaturated/α-hetero) is 1. The molecule has 5 aromatic carbocycles. The number of benzene rings is 5. The number of hydrogen-bond donors (Lipinski definition) is 0. The van der Waals surface area contributed by atoms with Crippen LogP contribution < -0.4 is 0 Å². The number of nitrogens with zero attached hydrogens (tertiary/aromatic N) is 2. The predicted octanol–water partition coefficient (Wildman–Crippen LogP) is 10.8. The molecule has 2 fully saturated rings. The van der Waals surface area contributed by atoms with E-state index in [0.717, 1.165) is 32.7 Å². The third-order valence-electron chi connectivity index (χ3n) is 10.4. The van der Waals surface area contributed by atoms with Crippen molar-refractivity contribution in [2.75, 3.05) is 0 Å². The second-order valence-electron chi connectivity index (χ2n) is 17.3. The molecule has 2 heterocycles. The van der Waals surface area contributed by atoms with Gasteiger partial charge in [-0.1, -0.05) is 140 Å². The standard InChI is InChI=1S/C29H29NO4.C22H25NO3/c1-29(2,3)34-28(33)30-24(19-25(27(30)32)26(31)23-12-8-5-9-13-23)18-20-14-16-22(17-15-20)21-10-6-4-7-11-21;1-22(2,3)26-21(25)23-19(13-14-20(23)24)15-16-9-11-18(12-10-16)17-7-5-4-6-8-17/h4-17,24-25H,18-19H2,1-3H3;4-12,19H,13-15H2,1-3H3/t24-,25?;19-/m10/s1. The molecule has 0 aromatic heterocycles. The van der Waals surface area contributed by atoms with Crippen LogP contribution in [-0.4, -0.2) is 62.9 Å². The number of carbonyl (C=O) groups is 5. The van der Waals surface area contributed by atoms with Crippen molar-refractivity contribution in [2.24, 2.45) is 5.92 Å². The summed E-state index contributed by atoms with van der Waals surface area (Å²) in [5, 5.41) is 0. The van der Waals surface area contributed by atoms with Gasteiger partial charge in [-0.05, 0) is 101 Å². The van der Waals surface area contributed by atoms with Crippen molar-refractivity contribution in [1.29, 1.82) is 0 Å². The predicted molar refractivity (Wildman–Crippen MR) is 233 cm³/mol. The zero-order valence-electron chi connectivity index (χ0n) is 35.3. The Labute approximate surface area is 353 Å². The zero-order chi connectivity index (χ0) is 43.0. The van der Waals surface area contributed by atoms with Gasteiger partial charge < -0.3 is 9.47 Å². The smallest absolute Gasteiger partial charge is 0.417 e. The summed E-state index contributed by atoms with van der Waals surface area (Å²) in [5.41, 5.74) is 5.74. The molecule has 0 spiro atoms. The second kappa shape index (κ2) is 18.7. The van der Waals surface area contributed by atoms with Crippen LogP contribution in [0.2, 0.25) is 0 Å². The molecule has 9 heteroatoms. The van der Waals surface area contributed by atoms with Crippen LogP contribution in [0.1, 0.15) is 82.3 Å². The first kappa shape index (κ1) is 43.2. The van der Waals surface area contributed by atoms with Gasteiger partial charge in [-0.3, -0.25) is 14.4 Å². The molecule has 2 saturated heterocycles. The molecule has 310 valence electrons. The van der Waals surface area contributed by atoms with Crippen LogP contribution in [0.25, 0.3) is 22.3 Å². The van der Waals surface area contributed by atoms with Gasteiger partial charge in [0, 0.05) is 24.1 Å². The number of likely N-dealkylation sites (tertiary alicyclic amines) is 2. The summed E-state index contributed by atoms with van der Waals surface area (Å²) in [5.74, 6) is -1.80. The normalized spacial score (nSPS) is 17.8. The van der Waals surface area contributed by atoms with E-state index < -0.39 is 41.3 Å². The number of hydrogen-bond acceptors (Lipinski definition) is 7. The SMILES string of the molecule is CC(C)(C)OC(=O)N1C(=O)C(C(=O)c2ccccc2)C[C@H]1Cc1ccc(-c2ccccc2)cc1.CC(C)(C)OC(=O)N1C(=O)CC[C@H]1Cc1ccc(-c2ccccc2)cc1. The van der Waals surface area contributed by atoms with Crippen LogP contribution in [-0.2, 0) is 31.9 Å². The Morgan fingerprint density at radius 2 is 0.933 bits per heavy atom. The van der Waals surface area contributed by atoms with Gasteiger partial charge in [-0.25, -0.2) is 19.4 Å². The van der Waals surface area contributed by atoms with Gasteiger partial charge >= 0.3 is 12.2 Å². The number of ether oxygens (including phenoxy) is 2. The molecule has 1 unspecified atom stereocenters. The van der Waals surface area contributed by atoms with Gasteiger partial charge in [0.2, 0.25) is 11.8 Å². The highest BCUT2D eigenvalue weighted by Crippen LogP contribution is 2.33. The Morgan fingerprint density at radius 1 is 0.533 bits per heavy atom. The highest BCUT2D eigenvalue weighted by molar-refractivity contribution is 6.14. The maximum absolute atomic E-state index is 13.3. The summed E-state index contributed by atoms with van der Waals surface area (Å²) in [6.07, 6.45) is 1.22. The van der Waals surface area contributed by atoms with E-state index in [0.29, 0.717) is 31.2 Å². The zero-order valence-corrected chi connectivity index (χ0v) is 35.3. The van der Waals surface area contributed by atoms with E-state index in [1.54, 1.807) is 45.0 Å². The van der Waals surface area contributed by atoms with Gasteiger partial charge in [0.1, 0.15) is 17.1 Å². The van der Waals surface area contributed by atoms with Crippen molar-refractivity contribution < 1.29 is 33.4 Å².